The van der Waals surface area contributed by atoms with Gasteiger partial charge in [0.2, 0.25) is 0 Å². The second-order valence-electron chi connectivity index (χ2n) is 10.3. The fourth-order valence-electron chi connectivity index (χ4n) is 5.91. The molecule has 0 N–H and O–H groups in total. The molecule has 2 atom stereocenters. The molecule has 1 saturated carbocycles. The van der Waals surface area contributed by atoms with Gasteiger partial charge in [-0.15, -0.1) is 0 Å². The Bertz CT molecular complexity index is 1120. The van der Waals surface area contributed by atoms with E-state index in [0.29, 0.717) is 11.4 Å². The Morgan fingerprint density at radius 2 is 1.74 bits per heavy atom. The normalized spacial score (nSPS) is 24.4. The van der Waals surface area contributed by atoms with Gasteiger partial charge in [0.25, 0.3) is 5.91 Å². The fraction of sp³-hybridized carbons (Fsp3) is 0.385. The Morgan fingerprint density at radius 1 is 1.03 bits per heavy atom. The minimum atomic E-state index is -0.310. The molecule has 1 aliphatic heterocycles. The third-order valence-corrected chi connectivity index (χ3v) is 6.74. The first-order chi connectivity index (χ1) is 14.7. The Hall–Kier alpha value is -2.95. The second kappa shape index (κ2) is 7.04. The average Bonchev–Trinajstić information content (AvgIpc) is 3.27. The second-order valence-corrected chi connectivity index (χ2v) is 10.3. The summed E-state index contributed by atoms with van der Waals surface area (Å²) < 4.78 is 15.2. The number of carbonyl (C=O) groups excluding carboxylic acids is 1. The van der Waals surface area contributed by atoms with E-state index < -0.39 is 0 Å². The maximum atomic E-state index is 13.8. The van der Waals surface area contributed by atoms with Crippen LogP contribution >= 0.6 is 0 Å². The summed E-state index contributed by atoms with van der Waals surface area (Å²) in [5.41, 5.74) is 3.29. The molecule has 5 heteroatoms. The number of halogens is 1. The van der Waals surface area contributed by atoms with Crippen LogP contribution in [0.4, 0.5) is 4.39 Å². The molecule has 0 spiro atoms. The van der Waals surface area contributed by atoms with Gasteiger partial charge in [0.05, 0.1) is 11.4 Å². The van der Waals surface area contributed by atoms with Gasteiger partial charge in [-0.1, -0.05) is 51.1 Å². The number of benzene rings is 2. The quantitative estimate of drug-likeness (QED) is 0.547. The van der Waals surface area contributed by atoms with Crippen LogP contribution in [0.1, 0.15) is 50.5 Å². The molecule has 3 aromatic rings. The lowest BCUT2D eigenvalue weighted by Crippen LogP contribution is -2.38. The summed E-state index contributed by atoms with van der Waals surface area (Å²) in [6.07, 6.45) is 3.20. The summed E-state index contributed by atoms with van der Waals surface area (Å²) in [4.78, 5) is 15.9. The molecule has 4 nitrogen and oxygen atoms in total. The lowest BCUT2D eigenvalue weighted by atomic mass is 9.65. The molecule has 1 saturated heterocycles. The molecule has 2 aliphatic rings. The number of carbonyl (C=O) groups is 1. The van der Waals surface area contributed by atoms with E-state index in [4.69, 9.17) is 5.10 Å². The van der Waals surface area contributed by atoms with Gasteiger partial charge in [0.1, 0.15) is 11.5 Å². The van der Waals surface area contributed by atoms with Crippen LogP contribution in [-0.4, -0.2) is 33.2 Å². The van der Waals surface area contributed by atoms with Crippen molar-refractivity contribution in [1.29, 1.82) is 0 Å². The van der Waals surface area contributed by atoms with Crippen molar-refractivity contribution >= 4 is 5.91 Å². The molecule has 1 amide bonds. The predicted molar refractivity (Wildman–Crippen MR) is 120 cm³/mol. The van der Waals surface area contributed by atoms with Crippen molar-refractivity contribution in [1.82, 2.24) is 14.7 Å². The fourth-order valence-corrected chi connectivity index (χ4v) is 5.91. The molecule has 2 aromatic carbocycles. The summed E-state index contributed by atoms with van der Waals surface area (Å²) in [6, 6.07) is 18.1. The van der Waals surface area contributed by atoms with Crippen molar-refractivity contribution in [2.75, 3.05) is 6.54 Å². The van der Waals surface area contributed by atoms with Crippen molar-refractivity contribution in [3.8, 4) is 16.9 Å². The van der Waals surface area contributed by atoms with E-state index in [9.17, 15) is 9.18 Å². The number of rotatable bonds is 3. The molecule has 2 unspecified atom stereocenters. The lowest BCUT2D eigenvalue weighted by Gasteiger charge is -2.39. The number of hydrogen-bond donors (Lipinski definition) is 0. The molecular weight excluding hydrogens is 389 g/mol. The highest BCUT2D eigenvalue weighted by molar-refractivity contribution is 5.95. The van der Waals surface area contributed by atoms with E-state index in [1.807, 2.05) is 36.4 Å². The molecule has 160 valence electrons. The van der Waals surface area contributed by atoms with Gasteiger partial charge in [-0.05, 0) is 60.4 Å². The summed E-state index contributed by atoms with van der Waals surface area (Å²) in [5, 5.41) is 4.75. The van der Waals surface area contributed by atoms with Crippen molar-refractivity contribution < 1.29 is 9.18 Å². The molecule has 2 heterocycles. The molecular formula is C26H28FN3O. The van der Waals surface area contributed by atoms with Crippen LogP contribution in [-0.2, 0) is 0 Å². The van der Waals surface area contributed by atoms with Crippen molar-refractivity contribution in [2.45, 2.75) is 46.1 Å². The van der Waals surface area contributed by atoms with Crippen molar-refractivity contribution in [3.05, 3.63) is 72.2 Å². The Labute approximate surface area is 182 Å². The van der Waals surface area contributed by atoms with Crippen LogP contribution in [0.3, 0.4) is 0 Å². The van der Waals surface area contributed by atoms with Crippen LogP contribution in [0.25, 0.3) is 16.9 Å². The van der Waals surface area contributed by atoms with E-state index >= 15 is 0 Å². The molecule has 0 radical (unpaired) electrons. The molecule has 31 heavy (non-hydrogen) atoms. The molecule has 5 rings (SSSR count). The largest absolute Gasteiger partial charge is 0.334 e. The predicted octanol–water partition coefficient (Wildman–Crippen LogP) is 5.72. The lowest BCUT2D eigenvalue weighted by molar-refractivity contribution is 0.0699. The Kier molecular flexibility index (Phi) is 4.54. The zero-order valence-electron chi connectivity index (χ0n) is 18.3. The van der Waals surface area contributed by atoms with Crippen LogP contribution in [0.15, 0.2) is 60.7 Å². The highest BCUT2D eigenvalue weighted by Gasteiger charge is 2.51. The first-order valence-electron chi connectivity index (χ1n) is 11.0. The standard InChI is InChI=1S/C26H28FN3O/c1-25(2)14-21-15-26(3,16-25)17-29(21)24(31)23-13-22(18-7-5-4-6-8-18)28-30(23)20-11-9-19(27)10-12-20/h4-13,21H,14-17H2,1-3H3. The zero-order valence-corrected chi connectivity index (χ0v) is 18.3. The topological polar surface area (TPSA) is 38.1 Å². The highest BCUT2D eigenvalue weighted by atomic mass is 19.1. The minimum Gasteiger partial charge on any atom is -0.334 e. The van der Waals surface area contributed by atoms with Crippen LogP contribution in [0.5, 0.6) is 0 Å². The van der Waals surface area contributed by atoms with Gasteiger partial charge < -0.3 is 4.90 Å². The van der Waals surface area contributed by atoms with Gasteiger partial charge in [-0.3, -0.25) is 4.79 Å². The molecule has 2 bridgehead atoms. The number of hydrogen-bond acceptors (Lipinski definition) is 2. The maximum Gasteiger partial charge on any atom is 0.272 e. The molecule has 2 fully saturated rings. The molecule has 1 aromatic heterocycles. The van der Waals surface area contributed by atoms with Crippen LogP contribution in [0.2, 0.25) is 0 Å². The van der Waals surface area contributed by atoms with Gasteiger partial charge in [0.15, 0.2) is 0 Å². The smallest absolute Gasteiger partial charge is 0.272 e. The Morgan fingerprint density at radius 3 is 2.45 bits per heavy atom. The summed E-state index contributed by atoms with van der Waals surface area (Å²) in [5.74, 6) is -0.305. The first kappa shape index (κ1) is 20.0. The van der Waals surface area contributed by atoms with E-state index in [2.05, 4.69) is 25.7 Å². The van der Waals surface area contributed by atoms with Crippen LogP contribution < -0.4 is 0 Å². The first-order valence-corrected chi connectivity index (χ1v) is 11.0. The van der Waals surface area contributed by atoms with Gasteiger partial charge in [-0.2, -0.15) is 5.10 Å². The molecule has 1 aliphatic carbocycles. The van der Waals surface area contributed by atoms with Crippen molar-refractivity contribution in [3.63, 3.8) is 0 Å². The monoisotopic (exact) mass is 417 g/mol. The number of likely N-dealkylation sites (tertiary alicyclic amines) is 1. The highest BCUT2D eigenvalue weighted by Crippen LogP contribution is 2.52. The van der Waals surface area contributed by atoms with Crippen LogP contribution in [0, 0.1) is 16.6 Å². The zero-order chi connectivity index (χ0) is 21.8. The number of nitrogens with zero attached hydrogens (tertiary/aromatic N) is 3. The maximum absolute atomic E-state index is 13.8. The third-order valence-electron chi connectivity index (χ3n) is 6.74. The number of aromatic nitrogens is 2. The number of fused-ring (bicyclic) bond motifs is 2. The summed E-state index contributed by atoms with van der Waals surface area (Å²) in [7, 11) is 0. The van der Waals surface area contributed by atoms with Crippen molar-refractivity contribution in [2.24, 2.45) is 10.8 Å². The average molecular weight is 418 g/mol. The summed E-state index contributed by atoms with van der Waals surface area (Å²) in [6.45, 7) is 7.69. The van der Waals surface area contributed by atoms with E-state index in [0.717, 1.165) is 37.1 Å². The van der Waals surface area contributed by atoms with Gasteiger partial charge >= 0.3 is 0 Å². The number of amides is 1. The minimum absolute atomic E-state index is 0.00503. The Balaban J connectivity index is 1.57. The van der Waals surface area contributed by atoms with E-state index in [1.54, 1.807) is 16.8 Å². The van der Waals surface area contributed by atoms with E-state index in [-0.39, 0.29) is 28.6 Å². The third kappa shape index (κ3) is 3.67. The SMILES string of the molecule is CC1(C)CC2CC(C)(CN2C(=O)c2cc(-c3ccccc3)nn2-c2ccc(F)cc2)C1. The van der Waals surface area contributed by atoms with Gasteiger partial charge in [-0.25, -0.2) is 9.07 Å². The summed E-state index contributed by atoms with van der Waals surface area (Å²) >= 11 is 0. The van der Waals surface area contributed by atoms with E-state index in [1.165, 1.54) is 12.1 Å². The van der Waals surface area contributed by atoms with Gasteiger partial charge in [0, 0.05) is 18.2 Å².